The molecule has 0 saturated carbocycles. The summed E-state index contributed by atoms with van der Waals surface area (Å²) in [7, 11) is 3.64. The van der Waals surface area contributed by atoms with Gasteiger partial charge in [0, 0.05) is 32.1 Å². The Balaban J connectivity index is 1.53. The van der Waals surface area contributed by atoms with Crippen molar-refractivity contribution in [2.75, 3.05) is 5.32 Å². The molecule has 10 heteroatoms. The summed E-state index contributed by atoms with van der Waals surface area (Å²) in [6.07, 6.45) is 3.38. The van der Waals surface area contributed by atoms with Gasteiger partial charge in [0.25, 0.3) is 5.56 Å². The predicted octanol–water partition coefficient (Wildman–Crippen LogP) is 2.79. The van der Waals surface area contributed by atoms with Gasteiger partial charge in [0.2, 0.25) is 5.91 Å². The number of benzene rings is 1. The summed E-state index contributed by atoms with van der Waals surface area (Å²) >= 11 is 1.28. The van der Waals surface area contributed by atoms with Crippen molar-refractivity contribution < 1.29 is 4.79 Å². The maximum Gasteiger partial charge on any atom is 0.295 e. The highest BCUT2D eigenvalue weighted by Gasteiger charge is 2.23. The lowest BCUT2D eigenvalue weighted by atomic mass is 10.2. The fourth-order valence-electron chi connectivity index (χ4n) is 3.32. The Morgan fingerprint density at radius 1 is 1.06 bits per heavy atom. The van der Waals surface area contributed by atoms with Crippen LogP contribution in [0, 0.1) is 6.92 Å². The van der Waals surface area contributed by atoms with Crippen LogP contribution in [0.25, 0.3) is 17.1 Å². The Kier molecular flexibility index (Phi) is 5.95. The van der Waals surface area contributed by atoms with Gasteiger partial charge in [-0.1, -0.05) is 30.0 Å². The van der Waals surface area contributed by atoms with E-state index in [4.69, 9.17) is 0 Å². The van der Waals surface area contributed by atoms with Crippen LogP contribution >= 0.6 is 11.8 Å². The smallest absolute Gasteiger partial charge is 0.295 e. The number of rotatable bonds is 6. The summed E-state index contributed by atoms with van der Waals surface area (Å²) in [6.45, 7) is 3.58. The number of para-hydroxylation sites is 1. The Morgan fingerprint density at radius 3 is 2.44 bits per heavy atom. The van der Waals surface area contributed by atoms with Gasteiger partial charge in [0.05, 0.1) is 16.6 Å². The minimum absolute atomic E-state index is 0.268. The number of anilines is 1. The molecule has 0 radical (unpaired) electrons. The second-order valence-electron chi connectivity index (χ2n) is 7.29. The highest BCUT2D eigenvalue weighted by molar-refractivity contribution is 8.00. The highest BCUT2D eigenvalue weighted by Crippen LogP contribution is 2.26. The van der Waals surface area contributed by atoms with Gasteiger partial charge in [-0.05, 0) is 38.1 Å². The van der Waals surface area contributed by atoms with E-state index in [0.717, 1.165) is 11.3 Å². The van der Waals surface area contributed by atoms with E-state index in [2.05, 4.69) is 20.5 Å². The molecule has 3 heterocycles. The average molecular weight is 450 g/mol. The van der Waals surface area contributed by atoms with Gasteiger partial charge in [0.1, 0.15) is 5.69 Å². The molecule has 1 atom stereocenters. The molecule has 1 N–H and O–H groups in total. The van der Waals surface area contributed by atoms with Crippen LogP contribution in [-0.4, -0.2) is 40.3 Å². The van der Waals surface area contributed by atoms with Crippen molar-refractivity contribution in [3.63, 3.8) is 0 Å². The van der Waals surface area contributed by atoms with Crippen molar-refractivity contribution in [2.24, 2.45) is 14.1 Å². The van der Waals surface area contributed by atoms with Gasteiger partial charge in [-0.2, -0.15) is 0 Å². The third kappa shape index (κ3) is 3.96. The van der Waals surface area contributed by atoms with Crippen molar-refractivity contribution in [2.45, 2.75) is 24.3 Å². The molecular formula is C22H23N7O2S. The zero-order valence-corrected chi connectivity index (χ0v) is 19.0. The minimum atomic E-state index is -0.493. The molecule has 32 heavy (non-hydrogen) atoms. The lowest BCUT2D eigenvalue weighted by molar-refractivity contribution is -0.115. The van der Waals surface area contributed by atoms with E-state index in [1.165, 1.54) is 16.4 Å². The molecule has 0 saturated heterocycles. The average Bonchev–Trinajstić information content (AvgIpc) is 3.27. The summed E-state index contributed by atoms with van der Waals surface area (Å²) in [6, 6.07) is 13.0. The maximum absolute atomic E-state index is 13.0. The molecule has 3 aromatic heterocycles. The standard InChI is InChI=1S/C22H23N7O2S/c1-14-18(21(31)29(28(14)4)17-8-6-5-7-9-17)24-20(30)15(2)32-22-26-25-19(27(22)3)16-10-12-23-13-11-16/h5-13,15H,1-4H3,(H,24,30)/t15-/m1/s1. The van der Waals surface area contributed by atoms with Gasteiger partial charge in [0.15, 0.2) is 11.0 Å². The van der Waals surface area contributed by atoms with E-state index in [0.29, 0.717) is 16.7 Å². The largest absolute Gasteiger partial charge is 0.319 e. The fraction of sp³-hybridized carbons (Fsp3) is 0.227. The molecule has 0 bridgehead atoms. The molecule has 9 nitrogen and oxygen atoms in total. The Bertz CT molecular complexity index is 1310. The Morgan fingerprint density at radius 2 is 1.75 bits per heavy atom. The molecular weight excluding hydrogens is 426 g/mol. The van der Waals surface area contributed by atoms with Gasteiger partial charge in [-0.15, -0.1) is 10.2 Å². The number of aromatic nitrogens is 6. The normalized spacial score (nSPS) is 12.0. The number of hydrogen-bond acceptors (Lipinski definition) is 6. The molecule has 4 rings (SSSR count). The zero-order valence-electron chi connectivity index (χ0n) is 18.2. The van der Waals surface area contributed by atoms with Gasteiger partial charge < -0.3 is 9.88 Å². The van der Waals surface area contributed by atoms with Crippen molar-refractivity contribution in [3.8, 4) is 17.1 Å². The first kappa shape index (κ1) is 21.6. The van der Waals surface area contributed by atoms with Crippen LogP contribution in [-0.2, 0) is 18.9 Å². The van der Waals surface area contributed by atoms with Crippen LogP contribution in [0.5, 0.6) is 0 Å². The third-order valence-corrected chi connectivity index (χ3v) is 6.36. The summed E-state index contributed by atoms with van der Waals surface area (Å²) in [4.78, 5) is 30.0. The fourth-order valence-corrected chi connectivity index (χ4v) is 4.13. The second-order valence-corrected chi connectivity index (χ2v) is 8.59. The van der Waals surface area contributed by atoms with Gasteiger partial charge >= 0.3 is 0 Å². The van der Waals surface area contributed by atoms with Crippen LogP contribution in [0.1, 0.15) is 12.6 Å². The predicted molar refractivity (Wildman–Crippen MR) is 124 cm³/mol. The van der Waals surface area contributed by atoms with Gasteiger partial charge in [-0.3, -0.25) is 19.3 Å². The topological polar surface area (TPSA) is 99.6 Å². The quantitative estimate of drug-likeness (QED) is 0.455. The lowest BCUT2D eigenvalue weighted by Crippen LogP contribution is -2.27. The van der Waals surface area contributed by atoms with Crippen LogP contribution < -0.4 is 10.9 Å². The molecule has 0 fully saturated rings. The van der Waals surface area contributed by atoms with Crippen molar-refractivity contribution in [1.82, 2.24) is 29.1 Å². The monoisotopic (exact) mass is 449 g/mol. The molecule has 4 aromatic rings. The SMILES string of the molecule is Cc1c(NC(=O)[C@@H](C)Sc2nnc(-c3ccncc3)n2C)c(=O)n(-c2ccccc2)n1C. The first-order chi connectivity index (χ1) is 15.4. The van der Waals surface area contributed by atoms with E-state index in [1.54, 1.807) is 38.0 Å². The van der Waals surface area contributed by atoms with E-state index in [1.807, 2.05) is 54.1 Å². The van der Waals surface area contributed by atoms with E-state index in [9.17, 15) is 9.59 Å². The van der Waals surface area contributed by atoms with Crippen LogP contribution in [0.4, 0.5) is 5.69 Å². The molecule has 1 aromatic carbocycles. The van der Waals surface area contributed by atoms with Crippen LogP contribution in [0.2, 0.25) is 0 Å². The molecule has 0 spiro atoms. The van der Waals surface area contributed by atoms with Gasteiger partial charge in [-0.25, -0.2) is 4.68 Å². The number of carbonyl (C=O) groups excluding carboxylic acids is 1. The van der Waals surface area contributed by atoms with Crippen molar-refractivity contribution in [3.05, 3.63) is 70.9 Å². The number of nitrogens with one attached hydrogen (secondary N) is 1. The van der Waals surface area contributed by atoms with E-state index in [-0.39, 0.29) is 17.2 Å². The summed E-state index contributed by atoms with van der Waals surface area (Å²) in [5.41, 5.74) is 2.28. The Labute approximate surface area is 189 Å². The highest BCUT2D eigenvalue weighted by atomic mass is 32.2. The first-order valence-corrected chi connectivity index (χ1v) is 10.9. The summed E-state index contributed by atoms with van der Waals surface area (Å²) < 4.78 is 5.10. The molecule has 0 unspecified atom stereocenters. The number of nitrogens with zero attached hydrogens (tertiary/aromatic N) is 6. The number of thioether (sulfide) groups is 1. The lowest BCUT2D eigenvalue weighted by Gasteiger charge is -2.11. The van der Waals surface area contributed by atoms with Crippen LogP contribution in [0.3, 0.4) is 0 Å². The first-order valence-electron chi connectivity index (χ1n) is 9.99. The second kappa shape index (κ2) is 8.83. The van der Waals surface area contributed by atoms with Crippen molar-refractivity contribution >= 4 is 23.4 Å². The number of carbonyl (C=O) groups is 1. The van der Waals surface area contributed by atoms with Crippen LogP contribution in [0.15, 0.2) is 64.8 Å². The number of amides is 1. The maximum atomic E-state index is 13.0. The van der Waals surface area contributed by atoms with Crippen molar-refractivity contribution in [1.29, 1.82) is 0 Å². The molecule has 0 aliphatic rings. The summed E-state index contributed by atoms with van der Waals surface area (Å²) in [5.74, 6) is 0.404. The minimum Gasteiger partial charge on any atom is -0.319 e. The Hall–Kier alpha value is -3.66. The molecule has 164 valence electrons. The number of pyridine rings is 1. The third-order valence-electron chi connectivity index (χ3n) is 5.23. The van der Waals surface area contributed by atoms with E-state index < -0.39 is 5.25 Å². The zero-order chi connectivity index (χ0) is 22.8. The summed E-state index contributed by atoms with van der Waals surface area (Å²) in [5, 5.41) is 11.4. The molecule has 0 aliphatic carbocycles. The number of hydrogen-bond donors (Lipinski definition) is 1. The molecule has 0 aliphatic heterocycles. The molecule has 1 amide bonds. The van der Waals surface area contributed by atoms with E-state index >= 15 is 0 Å².